The summed E-state index contributed by atoms with van der Waals surface area (Å²) < 4.78 is 0. The van der Waals surface area contributed by atoms with Crippen LogP contribution in [0.1, 0.15) is 48.4 Å². The Morgan fingerprint density at radius 2 is 1.50 bits per heavy atom. The van der Waals surface area contributed by atoms with E-state index in [9.17, 15) is 9.59 Å². The third-order valence-electron chi connectivity index (χ3n) is 3.16. The minimum absolute atomic E-state index is 0.252. The highest BCUT2D eigenvalue weighted by atomic mass is 16.2. The van der Waals surface area contributed by atoms with Crippen LogP contribution in [-0.4, -0.2) is 18.0 Å². The Balaban J connectivity index is 0.00000163. The summed E-state index contributed by atoms with van der Waals surface area (Å²) in [6.45, 7) is 7.92. The predicted octanol–water partition coefficient (Wildman–Crippen LogP) is 3.92. The van der Waals surface area contributed by atoms with Crippen molar-refractivity contribution >= 4 is 29.4 Å². The Labute approximate surface area is 154 Å². The van der Waals surface area contributed by atoms with Crippen LogP contribution in [0.15, 0.2) is 53.6 Å². The van der Waals surface area contributed by atoms with Crippen molar-refractivity contribution in [3.05, 3.63) is 59.7 Å². The fraction of sp³-hybridized carbons (Fsp3) is 0.250. The van der Waals surface area contributed by atoms with Gasteiger partial charge < -0.3 is 11.1 Å². The molecule has 138 valence electrons. The average molecular weight is 354 g/mol. The van der Waals surface area contributed by atoms with Gasteiger partial charge in [0.05, 0.1) is 11.4 Å². The fourth-order valence-corrected chi connectivity index (χ4v) is 1.89. The molecule has 2 aromatic rings. The maximum Gasteiger partial charge on any atom is 0.271 e. The van der Waals surface area contributed by atoms with Gasteiger partial charge in [0.2, 0.25) is 0 Å². The van der Waals surface area contributed by atoms with Gasteiger partial charge in [-0.25, -0.2) is 5.43 Å². The molecule has 2 amide bonds. The molecule has 0 fully saturated rings. The molecule has 0 bridgehead atoms. The first-order valence-electron chi connectivity index (χ1n) is 8.57. The first kappa shape index (κ1) is 20.9. The van der Waals surface area contributed by atoms with Gasteiger partial charge in [-0.3, -0.25) is 9.59 Å². The van der Waals surface area contributed by atoms with E-state index < -0.39 is 0 Å². The Bertz CT molecular complexity index is 753. The zero-order valence-corrected chi connectivity index (χ0v) is 15.6. The van der Waals surface area contributed by atoms with Gasteiger partial charge in [-0.1, -0.05) is 39.8 Å². The van der Waals surface area contributed by atoms with Crippen LogP contribution in [0.2, 0.25) is 0 Å². The summed E-state index contributed by atoms with van der Waals surface area (Å²) in [6, 6.07) is 13.3. The van der Waals surface area contributed by atoms with Crippen LogP contribution in [-0.2, 0) is 0 Å². The van der Waals surface area contributed by atoms with Gasteiger partial charge >= 0.3 is 0 Å². The van der Waals surface area contributed by atoms with Crippen molar-refractivity contribution < 1.29 is 9.59 Å². The maximum atomic E-state index is 12.2. The van der Waals surface area contributed by atoms with Gasteiger partial charge in [0, 0.05) is 17.3 Å². The van der Waals surface area contributed by atoms with Crippen molar-refractivity contribution in [2.45, 2.75) is 27.7 Å². The molecule has 0 atom stereocenters. The molecule has 6 heteroatoms. The first-order valence-corrected chi connectivity index (χ1v) is 8.57. The Morgan fingerprint density at radius 1 is 0.962 bits per heavy atom. The zero-order chi connectivity index (χ0) is 19.5. The van der Waals surface area contributed by atoms with E-state index in [1.54, 1.807) is 54.7 Å². The number of rotatable bonds is 5. The second-order valence-corrected chi connectivity index (χ2v) is 5.58. The number of carbonyl (C=O) groups excluding carboxylic acids is 2. The van der Waals surface area contributed by atoms with E-state index in [4.69, 9.17) is 5.73 Å². The molecule has 0 spiro atoms. The summed E-state index contributed by atoms with van der Waals surface area (Å²) in [5.41, 5.74) is 10.1. The van der Waals surface area contributed by atoms with Crippen LogP contribution in [0.25, 0.3) is 0 Å². The summed E-state index contributed by atoms with van der Waals surface area (Å²) in [5, 5.41) is 6.59. The van der Waals surface area contributed by atoms with Crippen LogP contribution < -0.4 is 16.5 Å². The summed E-state index contributed by atoms with van der Waals surface area (Å²) in [5.74, 6) is -0.370. The zero-order valence-electron chi connectivity index (χ0n) is 15.6. The van der Waals surface area contributed by atoms with Crippen LogP contribution >= 0.6 is 0 Å². The van der Waals surface area contributed by atoms with Crippen molar-refractivity contribution in [1.82, 2.24) is 5.43 Å². The number of nitrogens with two attached hydrogens (primary N) is 1. The Morgan fingerprint density at radius 3 is 2.04 bits per heavy atom. The quantitative estimate of drug-likeness (QED) is 0.431. The van der Waals surface area contributed by atoms with E-state index in [0.29, 0.717) is 22.5 Å². The third-order valence-corrected chi connectivity index (χ3v) is 3.16. The van der Waals surface area contributed by atoms with E-state index in [1.165, 1.54) is 0 Å². The van der Waals surface area contributed by atoms with Gasteiger partial charge in [-0.2, -0.15) is 5.10 Å². The van der Waals surface area contributed by atoms with Crippen LogP contribution in [0.4, 0.5) is 11.4 Å². The van der Waals surface area contributed by atoms with E-state index in [0.717, 1.165) is 0 Å². The molecule has 0 aliphatic rings. The van der Waals surface area contributed by atoms with E-state index in [-0.39, 0.29) is 17.7 Å². The maximum absolute atomic E-state index is 12.2. The Kier molecular flexibility index (Phi) is 8.57. The van der Waals surface area contributed by atoms with E-state index in [2.05, 4.69) is 15.8 Å². The molecule has 0 aliphatic carbocycles. The van der Waals surface area contributed by atoms with Crippen LogP contribution in [0.5, 0.6) is 0 Å². The normalized spacial score (nSPS) is 10.2. The number of nitrogens with zero attached hydrogens (tertiary/aromatic N) is 1. The molecule has 0 radical (unpaired) electrons. The molecular weight excluding hydrogens is 328 g/mol. The molecular formula is C20H26N4O2. The van der Waals surface area contributed by atoms with Crippen molar-refractivity contribution in [3.8, 4) is 0 Å². The molecule has 0 heterocycles. The Hall–Kier alpha value is -3.15. The molecule has 4 N–H and O–H groups in total. The number of hydrogen-bond acceptors (Lipinski definition) is 4. The number of benzene rings is 2. The molecule has 0 aromatic heterocycles. The highest BCUT2D eigenvalue weighted by Gasteiger charge is 2.10. The van der Waals surface area contributed by atoms with Crippen molar-refractivity contribution in [2.24, 2.45) is 11.0 Å². The second kappa shape index (κ2) is 10.7. The number of anilines is 2. The average Bonchev–Trinajstić information content (AvgIpc) is 2.65. The summed E-state index contributed by atoms with van der Waals surface area (Å²) in [4.78, 5) is 24.1. The highest BCUT2D eigenvalue weighted by molar-refractivity contribution is 6.06. The van der Waals surface area contributed by atoms with Crippen LogP contribution in [0, 0.1) is 5.92 Å². The summed E-state index contributed by atoms with van der Waals surface area (Å²) in [7, 11) is 0. The fourth-order valence-electron chi connectivity index (χ4n) is 1.89. The monoisotopic (exact) mass is 354 g/mol. The molecule has 0 aliphatic heterocycles. The molecule has 6 nitrogen and oxygen atoms in total. The van der Waals surface area contributed by atoms with Gasteiger partial charge in [0.15, 0.2) is 0 Å². The van der Waals surface area contributed by atoms with Crippen molar-refractivity contribution in [3.63, 3.8) is 0 Å². The highest BCUT2D eigenvalue weighted by Crippen LogP contribution is 2.18. The largest absolute Gasteiger partial charge is 0.397 e. The number of nitrogens with one attached hydrogen (secondary N) is 2. The smallest absolute Gasteiger partial charge is 0.271 e. The van der Waals surface area contributed by atoms with E-state index in [1.807, 2.05) is 27.7 Å². The van der Waals surface area contributed by atoms with Gasteiger partial charge in [0.1, 0.15) is 0 Å². The lowest BCUT2D eigenvalue weighted by molar-refractivity contribution is 0.0953. The minimum Gasteiger partial charge on any atom is -0.397 e. The summed E-state index contributed by atoms with van der Waals surface area (Å²) >= 11 is 0. The second-order valence-electron chi connectivity index (χ2n) is 5.58. The summed E-state index contributed by atoms with van der Waals surface area (Å²) in [6.07, 6.45) is 1.64. The number of hydrazone groups is 1. The van der Waals surface area contributed by atoms with Gasteiger partial charge in [0.25, 0.3) is 11.8 Å². The minimum atomic E-state index is -0.328. The van der Waals surface area contributed by atoms with Gasteiger partial charge in [-0.05, 0) is 42.3 Å². The number of nitrogen functional groups attached to an aromatic ring is 1. The number of hydrogen-bond donors (Lipinski definition) is 3. The molecule has 2 aromatic carbocycles. The molecule has 0 unspecified atom stereocenters. The standard InChI is InChI=1S/C18H20N4O2.C2H6/c1-12(2)11-20-22-18(24)14-9-7-13(8-10-14)17(23)21-16-6-4-3-5-15(16)19;1-2/h3-12H,19H2,1-2H3,(H,21,23)(H,22,24);1-2H3/b20-11+;. The lowest BCUT2D eigenvalue weighted by Gasteiger charge is -2.08. The third kappa shape index (κ3) is 6.39. The molecule has 2 rings (SSSR count). The van der Waals surface area contributed by atoms with E-state index >= 15 is 0 Å². The first-order chi connectivity index (χ1) is 12.5. The topological polar surface area (TPSA) is 96.6 Å². The predicted molar refractivity (Wildman–Crippen MR) is 107 cm³/mol. The lowest BCUT2D eigenvalue weighted by atomic mass is 10.1. The van der Waals surface area contributed by atoms with Gasteiger partial charge in [-0.15, -0.1) is 0 Å². The van der Waals surface area contributed by atoms with Crippen molar-refractivity contribution in [2.75, 3.05) is 11.1 Å². The van der Waals surface area contributed by atoms with Crippen LogP contribution in [0.3, 0.4) is 0 Å². The molecule has 0 saturated heterocycles. The SMILES string of the molecule is CC.CC(C)/C=N/NC(=O)c1ccc(C(=O)Nc2ccccc2N)cc1. The van der Waals surface area contributed by atoms with Crippen molar-refractivity contribution in [1.29, 1.82) is 0 Å². The lowest BCUT2D eigenvalue weighted by Crippen LogP contribution is -2.18. The number of carbonyl (C=O) groups is 2. The molecule has 0 saturated carbocycles. The number of amides is 2. The molecule has 26 heavy (non-hydrogen) atoms. The number of para-hydroxylation sites is 2.